The molecule has 1 aromatic carbocycles. The summed E-state index contributed by atoms with van der Waals surface area (Å²) in [5.41, 5.74) is 0.270. The number of nitrogens with zero attached hydrogens (tertiary/aromatic N) is 2. The third kappa shape index (κ3) is 2.64. The molecule has 7 heteroatoms. The number of fused-ring (bicyclic) bond motifs is 1. The van der Waals surface area contributed by atoms with E-state index in [0.717, 1.165) is 10.3 Å². The molecule has 1 aliphatic rings. The zero-order valence-corrected chi connectivity index (χ0v) is 13.6. The van der Waals surface area contributed by atoms with E-state index in [1.165, 1.54) is 7.11 Å². The number of rotatable bonds is 4. The largest absolute Gasteiger partial charge is 0.382 e. The zero-order chi connectivity index (χ0) is 16.6. The third-order valence-corrected chi connectivity index (χ3v) is 4.27. The van der Waals surface area contributed by atoms with E-state index in [-0.39, 0.29) is 19.1 Å². The van der Waals surface area contributed by atoms with Crippen molar-refractivity contribution in [2.75, 3.05) is 13.7 Å². The first-order valence-corrected chi connectivity index (χ1v) is 7.49. The number of benzene rings is 1. The SMILES string of the molecule is COC[C@]1(C)NC(=O)N(Cc2c(Cl)ccc3cccnc23)C1=O. The molecule has 3 rings (SSSR count). The van der Waals surface area contributed by atoms with Crippen LogP contribution in [0.25, 0.3) is 10.9 Å². The molecule has 1 saturated heterocycles. The topological polar surface area (TPSA) is 71.5 Å². The van der Waals surface area contributed by atoms with Gasteiger partial charge in [-0.05, 0) is 19.1 Å². The number of hydrogen-bond donors (Lipinski definition) is 1. The number of amides is 3. The van der Waals surface area contributed by atoms with E-state index in [0.29, 0.717) is 16.1 Å². The summed E-state index contributed by atoms with van der Waals surface area (Å²) in [7, 11) is 1.48. The van der Waals surface area contributed by atoms with E-state index in [9.17, 15) is 9.59 Å². The summed E-state index contributed by atoms with van der Waals surface area (Å²) in [5, 5.41) is 4.04. The number of urea groups is 1. The molecule has 2 aromatic rings. The van der Waals surface area contributed by atoms with Crippen molar-refractivity contribution in [1.82, 2.24) is 15.2 Å². The van der Waals surface area contributed by atoms with Crippen molar-refractivity contribution in [2.45, 2.75) is 19.0 Å². The normalized spacial score (nSPS) is 21.1. The molecule has 120 valence electrons. The van der Waals surface area contributed by atoms with Crippen molar-refractivity contribution < 1.29 is 14.3 Å². The molecule has 0 saturated carbocycles. The molecular weight excluding hydrogens is 318 g/mol. The van der Waals surface area contributed by atoms with Crippen LogP contribution in [0, 0.1) is 0 Å². The standard InChI is InChI=1S/C16H16ClN3O3/c1-16(9-23-2)14(21)20(15(22)19-16)8-11-12(17)6-5-10-4-3-7-18-13(10)11/h3-7H,8-9H2,1-2H3,(H,19,22)/t16-/m0/s1. The maximum Gasteiger partial charge on any atom is 0.325 e. The zero-order valence-electron chi connectivity index (χ0n) is 12.8. The lowest BCUT2D eigenvalue weighted by atomic mass is 10.0. The monoisotopic (exact) mass is 333 g/mol. The first-order valence-electron chi connectivity index (χ1n) is 7.11. The van der Waals surface area contributed by atoms with Gasteiger partial charge in [-0.1, -0.05) is 23.7 Å². The summed E-state index contributed by atoms with van der Waals surface area (Å²) in [5.74, 6) is -0.339. The van der Waals surface area contributed by atoms with Gasteiger partial charge in [0.1, 0.15) is 5.54 Å². The molecule has 3 amide bonds. The second kappa shape index (κ2) is 5.79. The van der Waals surface area contributed by atoms with Gasteiger partial charge in [-0.25, -0.2) is 4.79 Å². The highest BCUT2D eigenvalue weighted by Crippen LogP contribution is 2.28. The van der Waals surface area contributed by atoms with Crippen molar-refractivity contribution >= 4 is 34.4 Å². The fourth-order valence-electron chi connectivity index (χ4n) is 2.77. The van der Waals surface area contributed by atoms with Gasteiger partial charge in [0, 0.05) is 29.3 Å². The molecule has 1 aromatic heterocycles. The van der Waals surface area contributed by atoms with Crippen LogP contribution in [0.3, 0.4) is 0 Å². The van der Waals surface area contributed by atoms with Crippen molar-refractivity contribution in [3.63, 3.8) is 0 Å². The smallest absolute Gasteiger partial charge is 0.325 e. The predicted molar refractivity (Wildman–Crippen MR) is 86.1 cm³/mol. The minimum absolute atomic E-state index is 0.0666. The van der Waals surface area contributed by atoms with Crippen molar-refractivity contribution in [1.29, 1.82) is 0 Å². The van der Waals surface area contributed by atoms with Gasteiger partial charge in [0.25, 0.3) is 5.91 Å². The molecule has 23 heavy (non-hydrogen) atoms. The molecule has 0 radical (unpaired) electrons. The predicted octanol–water partition coefficient (Wildman–Crippen LogP) is 2.35. The lowest BCUT2D eigenvalue weighted by Gasteiger charge is -2.20. The second-order valence-corrected chi connectivity index (χ2v) is 6.09. The van der Waals surface area contributed by atoms with Gasteiger partial charge in [-0.15, -0.1) is 0 Å². The number of hydrogen-bond acceptors (Lipinski definition) is 4. The van der Waals surface area contributed by atoms with Crippen molar-refractivity contribution in [3.05, 3.63) is 41.0 Å². The second-order valence-electron chi connectivity index (χ2n) is 5.69. The van der Waals surface area contributed by atoms with E-state index in [1.54, 1.807) is 19.2 Å². The quantitative estimate of drug-likeness (QED) is 0.872. The van der Waals surface area contributed by atoms with Gasteiger partial charge in [-0.3, -0.25) is 14.7 Å². The Morgan fingerprint density at radius 3 is 2.87 bits per heavy atom. The Balaban J connectivity index is 1.98. The lowest BCUT2D eigenvalue weighted by Crippen LogP contribution is -2.47. The maximum atomic E-state index is 12.6. The van der Waals surface area contributed by atoms with Crippen LogP contribution in [0.2, 0.25) is 5.02 Å². The minimum Gasteiger partial charge on any atom is -0.382 e. The summed E-state index contributed by atoms with van der Waals surface area (Å²) in [6, 6.07) is 6.87. The highest BCUT2D eigenvalue weighted by Gasteiger charge is 2.48. The Morgan fingerprint density at radius 1 is 1.35 bits per heavy atom. The Kier molecular flexibility index (Phi) is 3.95. The van der Waals surface area contributed by atoms with E-state index in [2.05, 4.69) is 10.3 Å². The number of carbonyl (C=O) groups excluding carboxylic acids is 2. The summed E-state index contributed by atoms with van der Waals surface area (Å²) in [6.07, 6.45) is 1.66. The van der Waals surface area contributed by atoms with Gasteiger partial charge in [-0.2, -0.15) is 0 Å². The number of aromatic nitrogens is 1. The third-order valence-electron chi connectivity index (χ3n) is 3.92. The minimum atomic E-state index is -1.06. The fraction of sp³-hybridized carbons (Fsp3) is 0.312. The number of halogens is 1. The summed E-state index contributed by atoms with van der Waals surface area (Å²) in [4.78, 5) is 30.3. The van der Waals surface area contributed by atoms with Crippen LogP contribution in [0.1, 0.15) is 12.5 Å². The Bertz CT molecular complexity index is 795. The number of imide groups is 1. The van der Waals surface area contributed by atoms with E-state index in [1.807, 2.05) is 18.2 Å². The first kappa shape index (κ1) is 15.7. The highest BCUT2D eigenvalue weighted by molar-refractivity contribution is 6.32. The van der Waals surface area contributed by atoms with Gasteiger partial charge in [0.05, 0.1) is 18.7 Å². The van der Waals surface area contributed by atoms with Crippen LogP contribution in [0.5, 0.6) is 0 Å². The molecule has 0 bridgehead atoms. The molecule has 1 aliphatic heterocycles. The number of carbonyl (C=O) groups is 2. The van der Waals surface area contributed by atoms with E-state index in [4.69, 9.17) is 16.3 Å². The average Bonchev–Trinajstić information content (AvgIpc) is 2.73. The van der Waals surface area contributed by atoms with Crippen LogP contribution in [0.4, 0.5) is 4.79 Å². The Morgan fingerprint density at radius 2 is 2.13 bits per heavy atom. The number of methoxy groups -OCH3 is 1. The van der Waals surface area contributed by atoms with Crippen LogP contribution in [0.15, 0.2) is 30.5 Å². The van der Waals surface area contributed by atoms with Gasteiger partial charge >= 0.3 is 6.03 Å². The fourth-order valence-corrected chi connectivity index (χ4v) is 2.98. The van der Waals surface area contributed by atoms with Gasteiger partial charge in [0.2, 0.25) is 0 Å². The Labute approximate surface area is 138 Å². The van der Waals surface area contributed by atoms with Crippen LogP contribution in [-0.2, 0) is 16.1 Å². The van der Waals surface area contributed by atoms with Crippen LogP contribution >= 0.6 is 11.6 Å². The molecule has 2 heterocycles. The van der Waals surface area contributed by atoms with Crippen molar-refractivity contribution in [2.24, 2.45) is 0 Å². The van der Waals surface area contributed by atoms with Crippen LogP contribution < -0.4 is 5.32 Å². The van der Waals surface area contributed by atoms with Crippen molar-refractivity contribution in [3.8, 4) is 0 Å². The molecule has 1 atom stereocenters. The molecule has 0 unspecified atom stereocenters. The van der Waals surface area contributed by atoms with E-state index < -0.39 is 11.6 Å². The molecule has 0 spiro atoms. The summed E-state index contributed by atoms with van der Waals surface area (Å²) in [6.45, 7) is 1.81. The van der Waals surface area contributed by atoms with Crippen LogP contribution in [-0.4, -0.2) is 41.1 Å². The summed E-state index contributed by atoms with van der Waals surface area (Å²) < 4.78 is 5.04. The first-order chi connectivity index (χ1) is 11.0. The molecule has 1 N–H and O–H groups in total. The lowest BCUT2D eigenvalue weighted by molar-refractivity contribution is -0.132. The van der Waals surface area contributed by atoms with E-state index >= 15 is 0 Å². The average molecular weight is 334 g/mol. The molecular formula is C16H16ClN3O3. The summed E-state index contributed by atoms with van der Waals surface area (Å²) >= 11 is 6.27. The maximum absolute atomic E-state index is 12.6. The number of nitrogens with one attached hydrogen (secondary N) is 1. The number of ether oxygens (including phenoxy) is 1. The molecule has 6 nitrogen and oxygen atoms in total. The van der Waals surface area contributed by atoms with Gasteiger partial charge in [0.15, 0.2) is 0 Å². The van der Waals surface area contributed by atoms with Gasteiger partial charge < -0.3 is 10.1 Å². The molecule has 0 aliphatic carbocycles. The molecule has 1 fully saturated rings. The number of pyridine rings is 1. The highest BCUT2D eigenvalue weighted by atomic mass is 35.5. The Hall–Kier alpha value is -2.18.